The maximum Gasteiger partial charge on any atom is 0.273 e. The molecule has 28 heavy (non-hydrogen) atoms. The van der Waals surface area contributed by atoms with Gasteiger partial charge in [-0.2, -0.15) is 0 Å². The summed E-state index contributed by atoms with van der Waals surface area (Å²) in [4.78, 5) is 13.2. The van der Waals surface area contributed by atoms with E-state index in [1.807, 2.05) is 38.3 Å². The number of ether oxygens (including phenoxy) is 2. The molecule has 146 valence electrons. The Balaban J connectivity index is 1.93. The van der Waals surface area contributed by atoms with Crippen LogP contribution in [-0.2, 0) is 5.41 Å². The Morgan fingerprint density at radius 3 is 2.61 bits per heavy atom. The summed E-state index contributed by atoms with van der Waals surface area (Å²) in [6.07, 6.45) is 3.98. The number of fused-ring (bicyclic) bond motifs is 2. The van der Waals surface area contributed by atoms with Crippen LogP contribution in [0.3, 0.4) is 0 Å². The quantitative estimate of drug-likeness (QED) is 0.556. The van der Waals surface area contributed by atoms with E-state index in [2.05, 4.69) is 24.8 Å². The second-order valence-electron chi connectivity index (χ2n) is 8.01. The lowest BCUT2D eigenvalue weighted by Gasteiger charge is -2.46. The smallest absolute Gasteiger partial charge is 0.273 e. The summed E-state index contributed by atoms with van der Waals surface area (Å²) < 4.78 is 12.3. The van der Waals surface area contributed by atoms with Crippen molar-refractivity contribution in [3.63, 3.8) is 0 Å². The van der Waals surface area contributed by atoms with E-state index < -0.39 is 5.72 Å². The molecule has 0 radical (unpaired) electrons. The number of hydrogen-bond acceptors (Lipinski definition) is 5. The fourth-order valence-electron chi connectivity index (χ4n) is 4.64. The van der Waals surface area contributed by atoms with Crippen molar-refractivity contribution in [2.45, 2.75) is 38.8 Å². The molecule has 2 heterocycles. The highest BCUT2D eigenvalue weighted by atomic mass is 16.6. The van der Waals surface area contributed by atoms with Crippen molar-refractivity contribution in [1.29, 1.82) is 0 Å². The van der Waals surface area contributed by atoms with Gasteiger partial charge in [-0.1, -0.05) is 12.1 Å². The second-order valence-corrected chi connectivity index (χ2v) is 8.01. The zero-order chi connectivity index (χ0) is 20.4. The van der Waals surface area contributed by atoms with E-state index in [-0.39, 0.29) is 16.0 Å². The first-order valence-electron chi connectivity index (χ1n) is 9.24. The van der Waals surface area contributed by atoms with Crippen LogP contribution in [0.15, 0.2) is 30.3 Å². The van der Waals surface area contributed by atoms with Gasteiger partial charge in [-0.25, -0.2) is 0 Å². The van der Waals surface area contributed by atoms with E-state index in [0.717, 1.165) is 28.1 Å². The summed E-state index contributed by atoms with van der Waals surface area (Å²) in [5.74, 6) is 1.49. The number of aryl methyl sites for hydroxylation is 1. The zero-order valence-electron chi connectivity index (χ0n) is 17.0. The van der Waals surface area contributed by atoms with Gasteiger partial charge in [0.2, 0.25) is 5.72 Å². The summed E-state index contributed by atoms with van der Waals surface area (Å²) in [7, 11) is 3.67. The molecule has 2 aliphatic rings. The standard InChI is InChI=1S/C22H24N2O4/c1-13-12-17(24(25)26)14(2)15-10-11-22(28-20(13)15)21(3,4)16-8-7-9-18(27-6)19(16)23(22)5/h7-12H,1-6H3. The van der Waals surface area contributed by atoms with Gasteiger partial charge in [0, 0.05) is 24.2 Å². The number of anilines is 1. The molecule has 0 fully saturated rings. The summed E-state index contributed by atoms with van der Waals surface area (Å²) in [6.45, 7) is 7.92. The molecule has 0 aromatic heterocycles. The van der Waals surface area contributed by atoms with E-state index in [4.69, 9.17) is 9.47 Å². The van der Waals surface area contributed by atoms with Gasteiger partial charge in [-0.05, 0) is 57.0 Å². The fraction of sp³-hybridized carbons (Fsp3) is 0.364. The average Bonchev–Trinajstić information content (AvgIpc) is 2.83. The van der Waals surface area contributed by atoms with E-state index in [1.165, 1.54) is 0 Å². The highest BCUT2D eigenvalue weighted by Gasteiger charge is 2.58. The first-order valence-corrected chi connectivity index (χ1v) is 9.24. The Kier molecular flexibility index (Phi) is 3.76. The molecule has 2 aliphatic heterocycles. The Morgan fingerprint density at radius 2 is 1.96 bits per heavy atom. The first-order chi connectivity index (χ1) is 13.2. The zero-order valence-corrected chi connectivity index (χ0v) is 17.0. The van der Waals surface area contributed by atoms with Crippen molar-refractivity contribution in [2.24, 2.45) is 0 Å². The van der Waals surface area contributed by atoms with Crippen LogP contribution in [0.5, 0.6) is 11.5 Å². The molecule has 6 nitrogen and oxygen atoms in total. The number of nitrogens with zero attached hydrogens (tertiary/aromatic N) is 2. The predicted molar refractivity (Wildman–Crippen MR) is 109 cm³/mol. The monoisotopic (exact) mass is 380 g/mol. The van der Waals surface area contributed by atoms with Crippen molar-refractivity contribution in [3.8, 4) is 11.5 Å². The van der Waals surface area contributed by atoms with Crippen LogP contribution in [-0.4, -0.2) is 24.8 Å². The number of hydrogen-bond donors (Lipinski definition) is 0. The molecular formula is C22H24N2O4. The molecule has 0 aliphatic carbocycles. The van der Waals surface area contributed by atoms with E-state index >= 15 is 0 Å². The fourth-order valence-corrected chi connectivity index (χ4v) is 4.64. The molecule has 1 spiro atoms. The van der Waals surface area contributed by atoms with Crippen molar-refractivity contribution in [1.82, 2.24) is 0 Å². The van der Waals surface area contributed by atoms with Gasteiger partial charge in [-0.3, -0.25) is 10.1 Å². The number of likely N-dealkylation sites (N-methyl/N-ethyl adjacent to an activating group) is 1. The average molecular weight is 380 g/mol. The van der Waals surface area contributed by atoms with Gasteiger partial charge in [-0.15, -0.1) is 0 Å². The Labute approximate surface area is 164 Å². The van der Waals surface area contributed by atoms with Crippen LogP contribution in [0.25, 0.3) is 6.08 Å². The SMILES string of the molecule is COc1cccc2c1N(C)C1(C=Cc3c(C)c([N+](=O)[O-])cc(C)c3O1)C2(C)C. The molecule has 0 bridgehead atoms. The van der Waals surface area contributed by atoms with Crippen LogP contribution in [0.2, 0.25) is 0 Å². The van der Waals surface area contributed by atoms with Crippen LogP contribution in [0.4, 0.5) is 11.4 Å². The third-order valence-electron chi connectivity index (χ3n) is 6.30. The topological polar surface area (TPSA) is 64.8 Å². The molecule has 0 amide bonds. The normalized spacial score (nSPS) is 21.3. The predicted octanol–water partition coefficient (Wildman–Crippen LogP) is 4.75. The molecule has 2 aromatic rings. The minimum Gasteiger partial charge on any atom is -0.495 e. The van der Waals surface area contributed by atoms with Crippen molar-refractivity contribution in [2.75, 3.05) is 19.1 Å². The van der Waals surface area contributed by atoms with Gasteiger partial charge in [0.15, 0.2) is 0 Å². The number of benzene rings is 2. The third kappa shape index (κ3) is 2.08. The number of methoxy groups -OCH3 is 1. The van der Waals surface area contributed by atoms with Crippen LogP contribution >= 0.6 is 0 Å². The number of para-hydroxylation sites is 1. The summed E-state index contributed by atoms with van der Waals surface area (Å²) in [5, 5.41) is 11.4. The first kappa shape index (κ1) is 18.3. The number of nitro groups is 1. The molecule has 4 rings (SSSR count). The van der Waals surface area contributed by atoms with E-state index in [0.29, 0.717) is 11.3 Å². The molecule has 1 unspecified atom stereocenters. The van der Waals surface area contributed by atoms with Crippen molar-refractivity contribution in [3.05, 3.63) is 62.7 Å². The minimum atomic E-state index is -0.760. The third-order valence-corrected chi connectivity index (χ3v) is 6.30. The summed E-state index contributed by atoms with van der Waals surface area (Å²) in [6, 6.07) is 7.63. The number of rotatable bonds is 2. The van der Waals surface area contributed by atoms with E-state index in [1.54, 1.807) is 20.1 Å². The largest absolute Gasteiger partial charge is 0.495 e. The van der Waals surface area contributed by atoms with Crippen molar-refractivity contribution < 1.29 is 14.4 Å². The van der Waals surface area contributed by atoms with Gasteiger partial charge >= 0.3 is 0 Å². The lowest BCUT2D eigenvalue weighted by molar-refractivity contribution is -0.385. The molecule has 0 saturated heterocycles. The highest BCUT2D eigenvalue weighted by Crippen LogP contribution is 2.57. The van der Waals surface area contributed by atoms with Gasteiger partial charge in [0.1, 0.15) is 11.5 Å². The maximum absolute atomic E-state index is 11.4. The van der Waals surface area contributed by atoms with Gasteiger partial charge in [0.05, 0.1) is 23.1 Å². The molecule has 2 aromatic carbocycles. The van der Waals surface area contributed by atoms with Gasteiger partial charge in [0.25, 0.3) is 5.69 Å². The lowest BCUT2D eigenvalue weighted by atomic mass is 9.76. The van der Waals surface area contributed by atoms with Crippen LogP contribution in [0.1, 0.15) is 36.1 Å². The van der Waals surface area contributed by atoms with Crippen LogP contribution < -0.4 is 14.4 Å². The number of nitro benzene ring substituents is 1. The molecule has 6 heteroatoms. The Morgan fingerprint density at radius 1 is 1.25 bits per heavy atom. The van der Waals surface area contributed by atoms with E-state index in [9.17, 15) is 10.1 Å². The minimum absolute atomic E-state index is 0.115. The van der Waals surface area contributed by atoms with Gasteiger partial charge < -0.3 is 14.4 Å². The maximum atomic E-state index is 11.4. The Bertz CT molecular complexity index is 1040. The van der Waals surface area contributed by atoms with Crippen LogP contribution in [0, 0.1) is 24.0 Å². The van der Waals surface area contributed by atoms with Crippen molar-refractivity contribution >= 4 is 17.5 Å². The lowest BCUT2D eigenvalue weighted by Crippen LogP contribution is -2.58. The molecule has 1 atom stereocenters. The molecule has 0 saturated carbocycles. The Hall–Kier alpha value is -3.02. The summed E-state index contributed by atoms with van der Waals surface area (Å²) in [5.41, 5.74) is 3.26. The summed E-state index contributed by atoms with van der Waals surface area (Å²) >= 11 is 0. The molecule has 0 N–H and O–H groups in total. The highest BCUT2D eigenvalue weighted by molar-refractivity contribution is 5.78. The molecular weight excluding hydrogens is 356 g/mol. The second kappa shape index (κ2) is 5.74.